The quantitative estimate of drug-likeness (QED) is 0.553. The first-order valence-electron chi connectivity index (χ1n) is 8.01. The van der Waals surface area contributed by atoms with Gasteiger partial charge in [0.1, 0.15) is 10.6 Å². The lowest BCUT2D eigenvalue weighted by molar-refractivity contribution is 0.101. The van der Waals surface area contributed by atoms with Crippen LogP contribution in [-0.2, 0) is 10.0 Å². The van der Waals surface area contributed by atoms with Crippen molar-refractivity contribution in [1.82, 2.24) is 0 Å². The molecule has 0 saturated carbocycles. The Balaban J connectivity index is 2.59. The van der Waals surface area contributed by atoms with E-state index in [0.717, 1.165) is 12.8 Å². The Labute approximate surface area is 148 Å². The van der Waals surface area contributed by atoms with Gasteiger partial charge in [-0.2, -0.15) is 0 Å². The SMILES string of the molecule is CCCCNc1cc(C(C)=O)cc(S(N)(=O)=O)c1Oc1ccccc1. The summed E-state index contributed by atoms with van der Waals surface area (Å²) in [4.78, 5) is 11.6. The Morgan fingerprint density at radius 3 is 2.44 bits per heavy atom. The fourth-order valence-electron chi connectivity index (χ4n) is 2.26. The Kier molecular flexibility index (Phi) is 6.17. The number of hydrogen-bond donors (Lipinski definition) is 2. The van der Waals surface area contributed by atoms with Gasteiger partial charge in [-0.3, -0.25) is 4.79 Å². The molecule has 0 heterocycles. The summed E-state index contributed by atoms with van der Waals surface area (Å²) >= 11 is 0. The molecule has 0 aliphatic heterocycles. The Morgan fingerprint density at radius 1 is 1.20 bits per heavy atom. The van der Waals surface area contributed by atoms with Gasteiger partial charge in [-0.1, -0.05) is 31.5 Å². The molecule has 0 saturated heterocycles. The predicted octanol–water partition coefficient (Wildman–Crippen LogP) is 3.54. The molecule has 25 heavy (non-hydrogen) atoms. The molecule has 0 spiro atoms. The molecule has 0 atom stereocenters. The minimum absolute atomic E-state index is 0.0924. The zero-order chi connectivity index (χ0) is 18.4. The van der Waals surface area contributed by atoms with E-state index >= 15 is 0 Å². The molecule has 2 aromatic rings. The van der Waals surface area contributed by atoms with E-state index in [-0.39, 0.29) is 22.0 Å². The highest BCUT2D eigenvalue weighted by Crippen LogP contribution is 2.37. The molecule has 2 aromatic carbocycles. The number of ether oxygens (including phenoxy) is 1. The average Bonchev–Trinajstić information content (AvgIpc) is 2.56. The number of nitrogens with one attached hydrogen (secondary N) is 1. The van der Waals surface area contributed by atoms with Gasteiger partial charge in [0.25, 0.3) is 0 Å². The number of rotatable bonds is 8. The van der Waals surface area contributed by atoms with Crippen LogP contribution in [0.25, 0.3) is 0 Å². The van der Waals surface area contributed by atoms with E-state index in [1.807, 2.05) is 13.0 Å². The van der Waals surface area contributed by atoms with E-state index in [1.165, 1.54) is 13.0 Å². The molecule has 7 heteroatoms. The third-order valence-electron chi connectivity index (χ3n) is 3.58. The summed E-state index contributed by atoms with van der Waals surface area (Å²) in [6.07, 6.45) is 1.86. The van der Waals surface area contributed by atoms with Crippen LogP contribution in [-0.4, -0.2) is 20.7 Å². The number of para-hydroxylation sites is 1. The maximum absolute atomic E-state index is 12.1. The van der Waals surface area contributed by atoms with Crippen LogP contribution in [0.4, 0.5) is 5.69 Å². The Bertz CT molecular complexity index is 849. The number of hydrogen-bond acceptors (Lipinski definition) is 5. The van der Waals surface area contributed by atoms with Crippen LogP contribution in [0.15, 0.2) is 47.4 Å². The van der Waals surface area contributed by atoms with Gasteiger partial charge in [-0.25, -0.2) is 13.6 Å². The number of ketones is 1. The third-order valence-corrected chi connectivity index (χ3v) is 4.49. The van der Waals surface area contributed by atoms with Gasteiger partial charge in [-0.15, -0.1) is 0 Å². The van der Waals surface area contributed by atoms with E-state index in [1.54, 1.807) is 30.3 Å². The molecule has 0 amide bonds. The van der Waals surface area contributed by atoms with Gasteiger partial charge in [0.05, 0.1) is 5.69 Å². The van der Waals surface area contributed by atoms with Crippen molar-refractivity contribution in [3.05, 3.63) is 48.0 Å². The molecule has 0 aromatic heterocycles. The topological polar surface area (TPSA) is 98.5 Å². The zero-order valence-electron chi connectivity index (χ0n) is 14.3. The fourth-order valence-corrected chi connectivity index (χ4v) is 2.96. The van der Waals surface area contributed by atoms with Crippen molar-refractivity contribution in [2.45, 2.75) is 31.6 Å². The summed E-state index contributed by atoms with van der Waals surface area (Å²) in [5, 5.41) is 8.50. The number of carbonyl (C=O) groups excluding carboxylic acids is 1. The monoisotopic (exact) mass is 362 g/mol. The maximum atomic E-state index is 12.1. The average molecular weight is 362 g/mol. The second-order valence-electron chi connectivity index (χ2n) is 5.65. The van der Waals surface area contributed by atoms with Crippen LogP contribution in [0, 0.1) is 0 Å². The number of Topliss-reactive ketones (excluding diaryl/α,β-unsaturated/α-hetero) is 1. The van der Waals surface area contributed by atoms with Crippen molar-refractivity contribution in [1.29, 1.82) is 0 Å². The number of primary sulfonamides is 1. The minimum Gasteiger partial charge on any atom is -0.454 e. The second-order valence-corrected chi connectivity index (χ2v) is 7.18. The summed E-state index contributed by atoms with van der Waals surface area (Å²) < 4.78 is 29.9. The normalized spacial score (nSPS) is 11.2. The van der Waals surface area contributed by atoms with Gasteiger partial charge in [0.2, 0.25) is 10.0 Å². The fraction of sp³-hybridized carbons (Fsp3) is 0.278. The van der Waals surface area contributed by atoms with Crippen molar-refractivity contribution in [3.63, 3.8) is 0 Å². The zero-order valence-corrected chi connectivity index (χ0v) is 15.1. The van der Waals surface area contributed by atoms with E-state index < -0.39 is 10.0 Å². The summed E-state index contributed by atoms with van der Waals surface area (Å²) in [6.45, 7) is 4.04. The van der Waals surface area contributed by atoms with Crippen molar-refractivity contribution in [3.8, 4) is 11.5 Å². The highest BCUT2D eigenvalue weighted by atomic mass is 32.2. The van der Waals surface area contributed by atoms with Crippen LogP contribution in [0.3, 0.4) is 0 Å². The van der Waals surface area contributed by atoms with E-state index in [0.29, 0.717) is 18.0 Å². The Hall–Kier alpha value is -2.38. The van der Waals surface area contributed by atoms with Crippen LogP contribution in [0.5, 0.6) is 11.5 Å². The van der Waals surface area contributed by atoms with Gasteiger partial charge in [0, 0.05) is 12.1 Å². The van der Waals surface area contributed by atoms with Crippen molar-refractivity contribution < 1.29 is 17.9 Å². The lowest BCUT2D eigenvalue weighted by atomic mass is 10.1. The van der Waals surface area contributed by atoms with Gasteiger partial charge in [-0.05, 0) is 37.6 Å². The molecule has 0 radical (unpaired) electrons. The van der Waals surface area contributed by atoms with Crippen molar-refractivity contribution in [2.75, 3.05) is 11.9 Å². The first-order chi connectivity index (χ1) is 11.8. The number of unbranched alkanes of at least 4 members (excludes halogenated alkanes) is 1. The minimum atomic E-state index is -4.08. The number of carbonyl (C=O) groups is 1. The highest BCUT2D eigenvalue weighted by molar-refractivity contribution is 7.89. The van der Waals surface area contributed by atoms with Gasteiger partial charge >= 0.3 is 0 Å². The number of sulfonamides is 1. The lowest BCUT2D eigenvalue weighted by Gasteiger charge is -2.17. The molecule has 0 aliphatic rings. The van der Waals surface area contributed by atoms with Crippen LogP contribution in [0.2, 0.25) is 0 Å². The third kappa shape index (κ3) is 5.04. The van der Waals surface area contributed by atoms with Gasteiger partial charge in [0.15, 0.2) is 11.5 Å². The van der Waals surface area contributed by atoms with Crippen LogP contribution >= 0.6 is 0 Å². The maximum Gasteiger partial charge on any atom is 0.241 e. The molecular formula is C18H22N2O4S. The molecule has 0 bridgehead atoms. The first kappa shape index (κ1) is 19.0. The van der Waals surface area contributed by atoms with Gasteiger partial charge < -0.3 is 10.1 Å². The van der Waals surface area contributed by atoms with Crippen molar-refractivity contribution >= 4 is 21.5 Å². The second kappa shape index (κ2) is 8.13. The molecule has 0 unspecified atom stereocenters. The molecule has 2 rings (SSSR count). The van der Waals surface area contributed by atoms with E-state index in [9.17, 15) is 13.2 Å². The standard InChI is InChI=1S/C18H22N2O4S/c1-3-4-10-20-16-11-14(13(2)21)12-17(25(19,22)23)18(16)24-15-8-6-5-7-9-15/h5-9,11-12,20H,3-4,10H2,1-2H3,(H2,19,22,23). The van der Waals surface area contributed by atoms with Crippen molar-refractivity contribution in [2.24, 2.45) is 5.14 Å². The predicted molar refractivity (Wildman–Crippen MR) is 97.7 cm³/mol. The van der Waals surface area contributed by atoms with Crippen LogP contribution in [0.1, 0.15) is 37.0 Å². The van der Waals surface area contributed by atoms with Crippen LogP contribution < -0.4 is 15.2 Å². The van der Waals surface area contributed by atoms with E-state index in [4.69, 9.17) is 9.88 Å². The summed E-state index contributed by atoms with van der Waals surface area (Å²) in [5.41, 5.74) is 0.678. The number of benzene rings is 2. The largest absolute Gasteiger partial charge is 0.454 e. The Morgan fingerprint density at radius 2 is 1.88 bits per heavy atom. The number of anilines is 1. The highest BCUT2D eigenvalue weighted by Gasteiger charge is 2.22. The smallest absolute Gasteiger partial charge is 0.241 e. The summed E-state index contributed by atoms with van der Waals surface area (Å²) in [6, 6.07) is 11.6. The molecule has 134 valence electrons. The molecule has 0 aliphatic carbocycles. The lowest BCUT2D eigenvalue weighted by Crippen LogP contribution is -2.16. The summed E-state index contributed by atoms with van der Waals surface area (Å²) in [5.74, 6) is 0.311. The number of nitrogens with two attached hydrogens (primary N) is 1. The molecule has 0 fully saturated rings. The molecular weight excluding hydrogens is 340 g/mol. The molecule has 6 nitrogen and oxygen atoms in total. The first-order valence-corrected chi connectivity index (χ1v) is 9.56. The molecule has 3 N–H and O–H groups in total. The summed E-state index contributed by atoms with van der Waals surface area (Å²) in [7, 11) is -4.08. The van der Waals surface area contributed by atoms with E-state index in [2.05, 4.69) is 5.32 Å².